The summed E-state index contributed by atoms with van der Waals surface area (Å²) in [5.41, 5.74) is 8.32. The molecule has 4 rings (SSSR count). The van der Waals surface area contributed by atoms with Gasteiger partial charge in [0.2, 0.25) is 0 Å². The summed E-state index contributed by atoms with van der Waals surface area (Å²) < 4.78 is 0. The van der Waals surface area contributed by atoms with Gasteiger partial charge in [0.25, 0.3) is 0 Å². The van der Waals surface area contributed by atoms with Crippen LogP contribution < -0.4 is 0 Å². The minimum atomic E-state index is -0.899. The molecule has 0 heterocycles. The van der Waals surface area contributed by atoms with Gasteiger partial charge in [-0.1, -0.05) is 94.4 Å². The van der Waals surface area contributed by atoms with Crippen molar-refractivity contribution in [2.45, 2.75) is 57.8 Å². The molecule has 1 aliphatic rings. The molecule has 0 saturated heterocycles. The van der Waals surface area contributed by atoms with Gasteiger partial charge in [-0.15, -0.1) is 0 Å². The van der Waals surface area contributed by atoms with E-state index in [2.05, 4.69) is 76.2 Å². The molecular weight excluding hydrogens is 392 g/mol. The quantitative estimate of drug-likeness (QED) is 0.430. The lowest BCUT2D eigenvalue weighted by Crippen LogP contribution is -2.33. The van der Waals surface area contributed by atoms with Gasteiger partial charge in [-0.25, -0.2) is 4.79 Å². The van der Waals surface area contributed by atoms with Crippen LogP contribution in [0, 0.1) is 0 Å². The van der Waals surface area contributed by atoms with E-state index in [0.29, 0.717) is 5.56 Å². The molecule has 0 unspecified atom stereocenters. The van der Waals surface area contributed by atoms with E-state index >= 15 is 0 Å². The fraction of sp³-hybridized carbons (Fsp3) is 0.300. The first-order valence-corrected chi connectivity index (χ1v) is 11.4. The van der Waals surface area contributed by atoms with Gasteiger partial charge >= 0.3 is 5.97 Å². The van der Waals surface area contributed by atoms with Gasteiger partial charge in [0.1, 0.15) is 0 Å². The van der Waals surface area contributed by atoms with Crippen molar-refractivity contribution < 1.29 is 9.90 Å². The molecule has 0 aromatic heterocycles. The van der Waals surface area contributed by atoms with Crippen molar-refractivity contribution in [1.82, 2.24) is 0 Å². The Bertz CT molecular complexity index is 1150. The summed E-state index contributed by atoms with van der Waals surface area (Å²) in [6.45, 7) is 9.42. The second-order valence-electron chi connectivity index (χ2n) is 10.3. The van der Waals surface area contributed by atoms with Crippen molar-refractivity contribution >= 4 is 17.6 Å². The zero-order valence-electron chi connectivity index (χ0n) is 19.5. The Labute approximate surface area is 191 Å². The zero-order valence-corrected chi connectivity index (χ0v) is 19.5. The van der Waals surface area contributed by atoms with Gasteiger partial charge < -0.3 is 5.11 Å². The molecule has 0 atom stereocenters. The summed E-state index contributed by atoms with van der Waals surface area (Å²) in [6, 6.07) is 24.6. The maximum Gasteiger partial charge on any atom is 0.335 e. The third kappa shape index (κ3) is 4.55. The summed E-state index contributed by atoms with van der Waals surface area (Å²) >= 11 is 0. The second-order valence-corrected chi connectivity index (χ2v) is 10.3. The smallest absolute Gasteiger partial charge is 0.335 e. The van der Waals surface area contributed by atoms with Crippen LogP contribution in [-0.4, -0.2) is 11.1 Å². The summed E-state index contributed by atoms with van der Waals surface area (Å²) in [5.74, 6) is -0.899. The average Bonchev–Trinajstić information content (AvgIpc) is 2.77. The molecule has 0 amide bonds. The number of hydrogen-bond donors (Lipinski definition) is 1. The third-order valence-electron chi connectivity index (χ3n) is 6.96. The zero-order chi connectivity index (χ0) is 22.9. The summed E-state index contributed by atoms with van der Waals surface area (Å²) in [5, 5.41) is 9.22. The number of hydrogen-bond acceptors (Lipinski definition) is 1. The van der Waals surface area contributed by atoms with Crippen LogP contribution in [0.25, 0.3) is 11.6 Å². The van der Waals surface area contributed by atoms with Crippen LogP contribution in [0.15, 0.2) is 72.8 Å². The van der Waals surface area contributed by atoms with E-state index < -0.39 is 5.97 Å². The number of carboxylic acids is 1. The van der Waals surface area contributed by atoms with Crippen molar-refractivity contribution in [2.24, 2.45) is 0 Å². The molecule has 0 spiro atoms. The van der Waals surface area contributed by atoms with Crippen LogP contribution in [0.4, 0.5) is 0 Å². The van der Waals surface area contributed by atoms with E-state index in [1.165, 1.54) is 40.7 Å². The van der Waals surface area contributed by atoms with Crippen molar-refractivity contribution in [1.29, 1.82) is 0 Å². The first kappa shape index (κ1) is 22.1. The minimum absolute atomic E-state index is 0.155. The van der Waals surface area contributed by atoms with E-state index in [1.807, 2.05) is 18.2 Å². The highest BCUT2D eigenvalue weighted by atomic mass is 16.4. The highest BCUT2D eigenvalue weighted by Gasteiger charge is 2.37. The number of fused-ring (bicyclic) bond motifs is 1. The molecule has 3 aromatic carbocycles. The normalized spacial score (nSPS) is 16.9. The SMILES string of the molecule is CC1(C)CCC(C)(C)c2cc(C(=Cc3ccc(C(=O)O)cc3)Cc3ccccc3)ccc21. The Hall–Kier alpha value is -3.13. The fourth-order valence-electron chi connectivity index (χ4n) is 4.76. The maximum absolute atomic E-state index is 11.2. The van der Waals surface area contributed by atoms with Crippen molar-refractivity contribution in [3.63, 3.8) is 0 Å². The lowest BCUT2D eigenvalue weighted by Gasteiger charge is -2.42. The van der Waals surface area contributed by atoms with Crippen LogP contribution in [0.5, 0.6) is 0 Å². The van der Waals surface area contributed by atoms with E-state index in [0.717, 1.165) is 12.0 Å². The van der Waals surface area contributed by atoms with Crippen molar-refractivity contribution in [3.05, 3.63) is 106 Å². The first-order chi connectivity index (χ1) is 15.2. The summed E-state index contributed by atoms with van der Waals surface area (Å²) in [4.78, 5) is 11.2. The van der Waals surface area contributed by atoms with Crippen molar-refractivity contribution in [3.8, 4) is 0 Å². The van der Waals surface area contributed by atoms with Crippen LogP contribution in [0.1, 0.15) is 78.7 Å². The molecule has 0 bridgehead atoms. The van der Waals surface area contributed by atoms with Crippen LogP contribution in [-0.2, 0) is 17.3 Å². The Balaban J connectivity index is 1.81. The molecule has 2 nitrogen and oxygen atoms in total. The third-order valence-corrected chi connectivity index (χ3v) is 6.96. The van der Waals surface area contributed by atoms with E-state index in [9.17, 15) is 9.90 Å². The molecule has 2 heteroatoms. The Morgan fingerprint density at radius 3 is 2.03 bits per heavy atom. The molecule has 0 radical (unpaired) electrons. The van der Waals surface area contributed by atoms with Gasteiger partial charge in [-0.05, 0) is 75.6 Å². The molecule has 0 aliphatic heterocycles. The number of benzene rings is 3. The lowest BCUT2D eigenvalue weighted by molar-refractivity contribution is 0.0697. The van der Waals surface area contributed by atoms with Gasteiger partial charge in [0.05, 0.1) is 5.56 Å². The van der Waals surface area contributed by atoms with Crippen molar-refractivity contribution in [2.75, 3.05) is 0 Å². The largest absolute Gasteiger partial charge is 0.478 e. The van der Waals surface area contributed by atoms with Gasteiger partial charge in [-0.3, -0.25) is 0 Å². The minimum Gasteiger partial charge on any atom is -0.478 e. The molecule has 32 heavy (non-hydrogen) atoms. The second kappa shape index (κ2) is 8.43. The molecule has 0 fully saturated rings. The Morgan fingerprint density at radius 1 is 0.812 bits per heavy atom. The molecule has 3 aromatic rings. The molecular formula is C30H32O2. The molecule has 1 aliphatic carbocycles. The highest BCUT2D eigenvalue weighted by molar-refractivity contribution is 5.89. The summed E-state index contributed by atoms with van der Waals surface area (Å²) in [7, 11) is 0. The Morgan fingerprint density at radius 2 is 1.41 bits per heavy atom. The number of aromatic carboxylic acids is 1. The average molecular weight is 425 g/mol. The first-order valence-electron chi connectivity index (χ1n) is 11.4. The Kier molecular flexibility index (Phi) is 5.81. The van der Waals surface area contributed by atoms with Crippen LogP contribution in [0.2, 0.25) is 0 Å². The van der Waals surface area contributed by atoms with E-state index in [1.54, 1.807) is 12.1 Å². The van der Waals surface area contributed by atoms with Crippen LogP contribution in [0.3, 0.4) is 0 Å². The summed E-state index contributed by atoms with van der Waals surface area (Å²) in [6.07, 6.45) is 5.41. The predicted molar refractivity (Wildman–Crippen MR) is 133 cm³/mol. The van der Waals surface area contributed by atoms with Gasteiger partial charge in [0, 0.05) is 0 Å². The number of carbonyl (C=O) groups is 1. The standard InChI is InChI=1S/C30H32O2/c1-29(2)16-17-30(3,4)27-20-24(14-15-26(27)29)25(18-21-8-6-5-7-9-21)19-22-10-12-23(13-11-22)28(31)32/h5-15,19-20H,16-18H2,1-4H3,(H,31,32). The van der Waals surface area contributed by atoms with Gasteiger partial charge in [0.15, 0.2) is 0 Å². The number of allylic oxidation sites excluding steroid dienone is 1. The lowest BCUT2D eigenvalue weighted by atomic mass is 9.63. The van der Waals surface area contributed by atoms with Gasteiger partial charge in [-0.2, -0.15) is 0 Å². The number of rotatable bonds is 5. The van der Waals surface area contributed by atoms with E-state index in [4.69, 9.17) is 0 Å². The molecule has 0 saturated carbocycles. The highest BCUT2D eigenvalue weighted by Crippen LogP contribution is 2.46. The number of carboxylic acid groups (broad SMARTS) is 1. The van der Waals surface area contributed by atoms with Crippen LogP contribution >= 0.6 is 0 Å². The topological polar surface area (TPSA) is 37.3 Å². The molecule has 1 N–H and O–H groups in total. The van der Waals surface area contributed by atoms with E-state index in [-0.39, 0.29) is 10.8 Å². The fourth-order valence-corrected chi connectivity index (χ4v) is 4.76. The predicted octanol–water partition coefficient (Wildman–Crippen LogP) is 7.52. The molecule has 164 valence electrons. The maximum atomic E-state index is 11.2. The monoisotopic (exact) mass is 424 g/mol.